The molecule has 0 bridgehead atoms. The Morgan fingerprint density at radius 2 is 1.70 bits per heavy atom. The average Bonchev–Trinajstić information content (AvgIpc) is 2.32. The van der Waals surface area contributed by atoms with Crippen molar-refractivity contribution in [3.8, 4) is 0 Å². The van der Waals surface area contributed by atoms with E-state index in [9.17, 15) is 0 Å². The van der Waals surface area contributed by atoms with Gasteiger partial charge in [-0.25, -0.2) is 0 Å². The highest BCUT2D eigenvalue weighted by Crippen LogP contribution is 2.34. The molecular formula is C16H35N3O. The van der Waals surface area contributed by atoms with Gasteiger partial charge in [-0.1, -0.05) is 13.8 Å². The minimum atomic E-state index is 0.108. The van der Waals surface area contributed by atoms with Crippen LogP contribution in [0.2, 0.25) is 0 Å². The Labute approximate surface area is 125 Å². The van der Waals surface area contributed by atoms with E-state index in [0.29, 0.717) is 18.1 Å². The fourth-order valence-corrected chi connectivity index (χ4v) is 3.48. The van der Waals surface area contributed by atoms with Crippen molar-refractivity contribution in [2.75, 3.05) is 40.3 Å². The predicted molar refractivity (Wildman–Crippen MR) is 86.0 cm³/mol. The molecule has 4 nitrogen and oxygen atoms in total. The van der Waals surface area contributed by atoms with Gasteiger partial charge in [0, 0.05) is 31.7 Å². The molecule has 1 aliphatic heterocycles. The lowest BCUT2D eigenvalue weighted by molar-refractivity contribution is -0.106. The van der Waals surface area contributed by atoms with E-state index in [1.54, 1.807) is 0 Å². The maximum Gasteiger partial charge on any atom is 0.0568 e. The molecule has 0 saturated carbocycles. The average molecular weight is 285 g/mol. The van der Waals surface area contributed by atoms with Crippen molar-refractivity contribution in [1.29, 1.82) is 0 Å². The van der Waals surface area contributed by atoms with Gasteiger partial charge in [-0.2, -0.15) is 0 Å². The number of likely N-dealkylation sites (N-methyl/N-ethyl adjacent to an activating group) is 1. The highest BCUT2D eigenvalue weighted by atomic mass is 16.5. The quantitative estimate of drug-likeness (QED) is 0.774. The highest BCUT2D eigenvalue weighted by molar-refractivity contribution is 4.98. The van der Waals surface area contributed by atoms with E-state index in [0.717, 1.165) is 39.0 Å². The highest BCUT2D eigenvalue weighted by Gasteiger charge is 2.42. The Morgan fingerprint density at radius 1 is 1.15 bits per heavy atom. The summed E-state index contributed by atoms with van der Waals surface area (Å²) in [5, 5.41) is 0. The minimum absolute atomic E-state index is 0.108. The van der Waals surface area contributed by atoms with Gasteiger partial charge in [0.25, 0.3) is 0 Å². The Morgan fingerprint density at radius 3 is 2.10 bits per heavy atom. The van der Waals surface area contributed by atoms with Gasteiger partial charge in [0.15, 0.2) is 0 Å². The fraction of sp³-hybridized carbons (Fsp3) is 1.00. The number of hydrogen-bond acceptors (Lipinski definition) is 4. The van der Waals surface area contributed by atoms with Crippen LogP contribution in [-0.2, 0) is 4.74 Å². The number of rotatable bonds is 7. The van der Waals surface area contributed by atoms with Crippen LogP contribution in [0.25, 0.3) is 0 Å². The zero-order chi connectivity index (χ0) is 15.3. The molecule has 120 valence electrons. The molecule has 2 N–H and O–H groups in total. The molecule has 0 aromatic carbocycles. The van der Waals surface area contributed by atoms with Crippen molar-refractivity contribution in [3.63, 3.8) is 0 Å². The monoisotopic (exact) mass is 285 g/mol. The van der Waals surface area contributed by atoms with Gasteiger partial charge in [0.1, 0.15) is 0 Å². The van der Waals surface area contributed by atoms with E-state index >= 15 is 0 Å². The van der Waals surface area contributed by atoms with Crippen LogP contribution in [0.1, 0.15) is 40.5 Å². The smallest absolute Gasteiger partial charge is 0.0568 e. The number of ether oxygens (including phenoxy) is 1. The van der Waals surface area contributed by atoms with Crippen LogP contribution in [0.3, 0.4) is 0 Å². The van der Waals surface area contributed by atoms with Crippen LogP contribution in [0, 0.1) is 5.92 Å². The molecule has 0 aromatic heterocycles. The molecule has 4 heteroatoms. The Kier molecular flexibility index (Phi) is 6.92. The summed E-state index contributed by atoms with van der Waals surface area (Å²) in [5.74, 6) is 0.661. The molecule has 20 heavy (non-hydrogen) atoms. The van der Waals surface area contributed by atoms with Crippen molar-refractivity contribution in [3.05, 3.63) is 0 Å². The molecular weight excluding hydrogens is 250 g/mol. The largest absolute Gasteiger partial charge is 0.375 e. The van der Waals surface area contributed by atoms with E-state index in [-0.39, 0.29) is 5.54 Å². The second-order valence-electron chi connectivity index (χ2n) is 7.24. The first-order chi connectivity index (χ1) is 9.29. The Hall–Kier alpha value is -0.160. The molecule has 1 aliphatic rings. The number of nitrogens with zero attached hydrogens (tertiary/aromatic N) is 2. The van der Waals surface area contributed by atoms with E-state index in [1.807, 2.05) is 0 Å². The van der Waals surface area contributed by atoms with Gasteiger partial charge in [-0.15, -0.1) is 0 Å². The first-order valence-corrected chi connectivity index (χ1v) is 8.04. The Bertz CT molecular complexity index is 271. The van der Waals surface area contributed by atoms with Crippen LogP contribution < -0.4 is 5.73 Å². The van der Waals surface area contributed by atoms with Gasteiger partial charge in [0.2, 0.25) is 0 Å². The zero-order valence-electron chi connectivity index (χ0n) is 14.4. The summed E-state index contributed by atoms with van der Waals surface area (Å²) >= 11 is 0. The maximum atomic E-state index is 6.23. The molecule has 0 aromatic rings. The molecule has 0 amide bonds. The van der Waals surface area contributed by atoms with Gasteiger partial charge in [-0.05, 0) is 46.7 Å². The van der Waals surface area contributed by atoms with E-state index < -0.39 is 0 Å². The van der Waals surface area contributed by atoms with Crippen molar-refractivity contribution < 1.29 is 4.74 Å². The summed E-state index contributed by atoms with van der Waals surface area (Å²) < 4.78 is 5.93. The van der Waals surface area contributed by atoms with Crippen LogP contribution in [0.4, 0.5) is 0 Å². The molecule has 0 spiro atoms. The van der Waals surface area contributed by atoms with Crippen LogP contribution in [0.5, 0.6) is 0 Å². The van der Waals surface area contributed by atoms with E-state index in [2.05, 4.69) is 51.6 Å². The summed E-state index contributed by atoms with van der Waals surface area (Å²) in [5.41, 5.74) is 6.34. The lowest BCUT2D eigenvalue weighted by Gasteiger charge is -2.50. The van der Waals surface area contributed by atoms with Crippen molar-refractivity contribution in [2.45, 2.75) is 58.3 Å². The maximum absolute atomic E-state index is 6.23. The topological polar surface area (TPSA) is 41.7 Å². The Balaban J connectivity index is 2.86. The summed E-state index contributed by atoms with van der Waals surface area (Å²) in [6, 6.07) is 0. The third kappa shape index (κ3) is 4.99. The van der Waals surface area contributed by atoms with Crippen molar-refractivity contribution in [2.24, 2.45) is 11.7 Å². The fourth-order valence-electron chi connectivity index (χ4n) is 3.48. The summed E-state index contributed by atoms with van der Waals surface area (Å²) in [4.78, 5) is 4.89. The standard InChI is InChI=1S/C16H35N3O/c1-13(2)11-19(8-7-18(5)6)16(12-17)9-14(3)20-15(4)10-16/h13-15H,7-12,17H2,1-6H3. The minimum Gasteiger partial charge on any atom is -0.375 e. The van der Waals surface area contributed by atoms with Gasteiger partial charge >= 0.3 is 0 Å². The summed E-state index contributed by atoms with van der Waals surface area (Å²) in [6.07, 6.45) is 2.70. The first kappa shape index (κ1) is 17.9. The third-order valence-electron chi connectivity index (χ3n) is 4.25. The zero-order valence-corrected chi connectivity index (χ0v) is 14.4. The second-order valence-corrected chi connectivity index (χ2v) is 7.24. The number of hydrogen-bond donors (Lipinski definition) is 1. The summed E-state index contributed by atoms with van der Waals surface area (Å²) in [7, 11) is 4.27. The van der Waals surface area contributed by atoms with Crippen LogP contribution in [-0.4, -0.2) is 67.8 Å². The molecule has 2 unspecified atom stereocenters. The van der Waals surface area contributed by atoms with Crippen LogP contribution in [0.15, 0.2) is 0 Å². The molecule has 0 radical (unpaired) electrons. The van der Waals surface area contributed by atoms with Crippen LogP contribution >= 0.6 is 0 Å². The second kappa shape index (κ2) is 7.74. The number of nitrogens with two attached hydrogens (primary N) is 1. The van der Waals surface area contributed by atoms with Crippen molar-refractivity contribution >= 4 is 0 Å². The van der Waals surface area contributed by atoms with Gasteiger partial charge in [0.05, 0.1) is 12.2 Å². The van der Waals surface area contributed by atoms with E-state index in [1.165, 1.54) is 0 Å². The first-order valence-electron chi connectivity index (χ1n) is 8.04. The molecule has 1 saturated heterocycles. The third-order valence-corrected chi connectivity index (χ3v) is 4.25. The predicted octanol–water partition coefficient (Wildman–Crippen LogP) is 1.79. The lowest BCUT2D eigenvalue weighted by atomic mass is 9.82. The molecule has 1 rings (SSSR count). The summed E-state index contributed by atoms with van der Waals surface area (Å²) in [6.45, 7) is 13.0. The molecule has 2 atom stereocenters. The SMILES string of the molecule is CC(C)CN(CCN(C)C)C1(CN)CC(C)OC(C)C1. The normalized spacial score (nSPS) is 31.5. The van der Waals surface area contributed by atoms with Gasteiger partial charge in [-0.3, -0.25) is 4.90 Å². The van der Waals surface area contributed by atoms with E-state index in [4.69, 9.17) is 10.5 Å². The molecule has 0 aliphatic carbocycles. The van der Waals surface area contributed by atoms with Gasteiger partial charge < -0.3 is 15.4 Å². The lowest BCUT2D eigenvalue weighted by Crippen LogP contribution is -2.61. The molecule has 1 heterocycles. The van der Waals surface area contributed by atoms with Crippen molar-refractivity contribution in [1.82, 2.24) is 9.80 Å². The molecule has 1 fully saturated rings.